The van der Waals surface area contributed by atoms with Gasteiger partial charge in [-0.25, -0.2) is 4.39 Å². The van der Waals surface area contributed by atoms with Gasteiger partial charge in [-0.15, -0.1) is 0 Å². The van der Waals surface area contributed by atoms with E-state index in [1.807, 2.05) is 0 Å². The van der Waals surface area contributed by atoms with Crippen molar-refractivity contribution < 1.29 is 4.39 Å². The lowest BCUT2D eigenvalue weighted by Gasteiger charge is -2.17. The molecule has 0 saturated carbocycles. The van der Waals surface area contributed by atoms with E-state index >= 15 is 0 Å². The number of fused-ring (bicyclic) bond motifs is 2. The van der Waals surface area contributed by atoms with Crippen LogP contribution in [0.2, 0.25) is 0 Å². The fourth-order valence-electron chi connectivity index (χ4n) is 3.20. The quantitative estimate of drug-likeness (QED) is 0.822. The van der Waals surface area contributed by atoms with Crippen LogP contribution in [-0.2, 0) is 25.7 Å². The van der Waals surface area contributed by atoms with E-state index in [4.69, 9.17) is 5.73 Å². The third kappa shape index (κ3) is 1.53. The van der Waals surface area contributed by atoms with Gasteiger partial charge in [-0.2, -0.15) is 0 Å². The van der Waals surface area contributed by atoms with Crippen molar-refractivity contribution in [2.45, 2.75) is 38.5 Å². The highest BCUT2D eigenvalue weighted by Crippen LogP contribution is 2.41. The maximum atomic E-state index is 14.3. The molecule has 0 atom stereocenters. The van der Waals surface area contributed by atoms with Crippen molar-refractivity contribution in [3.8, 4) is 0 Å². The molecule has 0 spiro atoms. The molecule has 0 radical (unpaired) electrons. The van der Waals surface area contributed by atoms with Gasteiger partial charge >= 0.3 is 0 Å². The molecule has 90 valence electrons. The van der Waals surface area contributed by atoms with Gasteiger partial charge in [0.1, 0.15) is 5.82 Å². The van der Waals surface area contributed by atoms with Crippen LogP contribution in [-0.4, -0.2) is 0 Å². The van der Waals surface area contributed by atoms with Gasteiger partial charge in [-0.3, -0.25) is 0 Å². The van der Waals surface area contributed by atoms with Crippen molar-refractivity contribution in [1.29, 1.82) is 0 Å². The minimum Gasteiger partial charge on any atom is -0.386 e. The second-order valence-corrected chi connectivity index (χ2v) is 4.96. The van der Waals surface area contributed by atoms with E-state index in [1.54, 1.807) is 0 Å². The molecule has 3 N–H and O–H groups in total. The van der Waals surface area contributed by atoms with Crippen LogP contribution >= 0.6 is 0 Å². The van der Waals surface area contributed by atoms with E-state index in [1.165, 1.54) is 0 Å². The first-order valence-corrected chi connectivity index (χ1v) is 6.25. The normalized spacial score (nSPS) is 16.8. The van der Waals surface area contributed by atoms with Gasteiger partial charge in [0.15, 0.2) is 0 Å². The minimum absolute atomic E-state index is 0.0539. The zero-order chi connectivity index (χ0) is 12.0. The highest BCUT2D eigenvalue weighted by Gasteiger charge is 2.28. The van der Waals surface area contributed by atoms with Gasteiger partial charge in [-0.05, 0) is 60.8 Å². The summed E-state index contributed by atoms with van der Waals surface area (Å²) in [6.07, 6.45) is 5.71. The minimum atomic E-state index is 0.0539. The monoisotopic (exact) mass is 232 g/mol. The molecule has 2 nitrogen and oxygen atoms in total. The standard InChI is InChI=1S/C14H17FN2/c1-8(16)17-14-11-6-2-4-9(11)13(15)10-5-3-7-12(10)14/h17H,1-7,16H2. The lowest BCUT2D eigenvalue weighted by Crippen LogP contribution is -2.12. The Labute approximate surface area is 101 Å². The molecule has 0 bridgehead atoms. The summed E-state index contributed by atoms with van der Waals surface area (Å²) in [6.45, 7) is 3.70. The molecule has 17 heavy (non-hydrogen) atoms. The number of hydrogen-bond donors (Lipinski definition) is 2. The summed E-state index contributed by atoms with van der Waals surface area (Å²) in [4.78, 5) is 0. The van der Waals surface area contributed by atoms with E-state index in [2.05, 4.69) is 11.9 Å². The smallest absolute Gasteiger partial charge is 0.130 e. The van der Waals surface area contributed by atoms with E-state index < -0.39 is 0 Å². The van der Waals surface area contributed by atoms with Crippen LogP contribution in [0.25, 0.3) is 0 Å². The fourth-order valence-corrected chi connectivity index (χ4v) is 3.20. The van der Waals surface area contributed by atoms with Gasteiger partial charge < -0.3 is 11.1 Å². The molecule has 3 rings (SSSR count). The van der Waals surface area contributed by atoms with Crippen molar-refractivity contribution in [1.82, 2.24) is 0 Å². The average Bonchev–Trinajstić information content (AvgIpc) is 2.92. The van der Waals surface area contributed by atoms with Crippen LogP contribution in [0.1, 0.15) is 35.1 Å². The molecule has 0 amide bonds. The summed E-state index contributed by atoms with van der Waals surface area (Å²) in [5, 5.41) is 3.15. The number of benzene rings is 1. The lowest BCUT2D eigenvalue weighted by molar-refractivity contribution is 0.598. The zero-order valence-electron chi connectivity index (χ0n) is 9.91. The molecule has 0 unspecified atom stereocenters. The van der Waals surface area contributed by atoms with E-state index in [9.17, 15) is 4.39 Å². The van der Waals surface area contributed by atoms with Crippen molar-refractivity contribution in [2.24, 2.45) is 5.73 Å². The van der Waals surface area contributed by atoms with Gasteiger partial charge in [0.05, 0.1) is 5.82 Å². The molecule has 2 aliphatic rings. The molecule has 0 aromatic heterocycles. The van der Waals surface area contributed by atoms with Gasteiger partial charge in [-0.1, -0.05) is 6.58 Å². The molecule has 1 aromatic rings. The predicted molar refractivity (Wildman–Crippen MR) is 67.4 cm³/mol. The summed E-state index contributed by atoms with van der Waals surface area (Å²) in [5.41, 5.74) is 10.8. The summed E-state index contributed by atoms with van der Waals surface area (Å²) >= 11 is 0. The summed E-state index contributed by atoms with van der Waals surface area (Å²) in [6, 6.07) is 0. The number of anilines is 1. The summed E-state index contributed by atoms with van der Waals surface area (Å²) in [7, 11) is 0. The van der Waals surface area contributed by atoms with Crippen LogP contribution < -0.4 is 11.1 Å². The number of halogens is 1. The highest BCUT2D eigenvalue weighted by molar-refractivity contribution is 5.68. The Bertz CT molecular complexity index is 470. The molecule has 1 aromatic carbocycles. The average molecular weight is 232 g/mol. The Morgan fingerprint density at radius 3 is 1.94 bits per heavy atom. The van der Waals surface area contributed by atoms with Crippen LogP contribution in [0.15, 0.2) is 12.4 Å². The Hall–Kier alpha value is -1.51. The van der Waals surface area contributed by atoms with Crippen LogP contribution in [0.4, 0.5) is 10.1 Å². The molecular weight excluding hydrogens is 215 g/mol. The van der Waals surface area contributed by atoms with Crippen molar-refractivity contribution >= 4 is 5.69 Å². The number of nitrogens with one attached hydrogen (secondary N) is 1. The van der Waals surface area contributed by atoms with Crippen LogP contribution in [0.5, 0.6) is 0 Å². The second kappa shape index (κ2) is 3.76. The van der Waals surface area contributed by atoms with Crippen LogP contribution in [0, 0.1) is 5.82 Å². The second-order valence-electron chi connectivity index (χ2n) is 4.96. The van der Waals surface area contributed by atoms with Gasteiger partial charge in [0, 0.05) is 5.69 Å². The molecule has 2 aliphatic carbocycles. The highest BCUT2D eigenvalue weighted by atomic mass is 19.1. The maximum absolute atomic E-state index is 14.3. The molecule has 3 heteroatoms. The predicted octanol–water partition coefficient (Wildman–Crippen LogP) is 2.64. The molecule has 0 aliphatic heterocycles. The maximum Gasteiger partial charge on any atom is 0.130 e. The number of hydrogen-bond acceptors (Lipinski definition) is 2. The van der Waals surface area contributed by atoms with E-state index in [-0.39, 0.29) is 5.82 Å². The third-order valence-electron chi connectivity index (χ3n) is 3.85. The molecular formula is C14H17FN2. The Balaban J connectivity index is 2.22. The van der Waals surface area contributed by atoms with Gasteiger partial charge in [0.2, 0.25) is 0 Å². The molecule has 0 heterocycles. The fraction of sp³-hybridized carbons (Fsp3) is 0.429. The van der Waals surface area contributed by atoms with Crippen molar-refractivity contribution in [3.05, 3.63) is 40.5 Å². The van der Waals surface area contributed by atoms with Crippen LogP contribution in [0.3, 0.4) is 0 Å². The Morgan fingerprint density at radius 2 is 1.47 bits per heavy atom. The van der Waals surface area contributed by atoms with Gasteiger partial charge in [0.25, 0.3) is 0 Å². The molecule has 0 saturated heterocycles. The third-order valence-corrected chi connectivity index (χ3v) is 3.85. The first-order chi connectivity index (χ1) is 8.18. The van der Waals surface area contributed by atoms with Crippen molar-refractivity contribution in [2.75, 3.05) is 5.32 Å². The van der Waals surface area contributed by atoms with Crippen molar-refractivity contribution in [3.63, 3.8) is 0 Å². The van der Waals surface area contributed by atoms with E-state index in [0.717, 1.165) is 66.5 Å². The van der Waals surface area contributed by atoms with E-state index in [0.29, 0.717) is 5.82 Å². The lowest BCUT2D eigenvalue weighted by atomic mass is 9.98. The largest absolute Gasteiger partial charge is 0.386 e. The summed E-state index contributed by atoms with van der Waals surface area (Å²) in [5.74, 6) is 0.498. The SMILES string of the molecule is C=C(N)Nc1c2c(c(F)c3c1CCC3)CCC2. The number of rotatable bonds is 2. The first kappa shape index (κ1) is 10.6. The topological polar surface area (TPSA) is 38.0 Å². The first-order valence-electron chi connectivity index (χ1n) is 6.25. The Morgan fingerprint density at radius 1 is 1.00 bits per heavy atom. The summed E-state index contributed by atoms with van der Waals surface area (Å²) < 4.78 is 14.3. The zero-order valence-corrected chi connectivity index (χ0v) is 9.91. The number of nitrogens with two attached hydrogens (primary N) is 1. The Kier molecular flexibility index (Phi) is 2.35. The molecule has 0 fully saturated rings.